The molecule has 0 unspecified atom stereocenters. The molecular weight excluding hydrogens is 238 g/mol. The molecule has 0 aliphatic carbocycles. The number of hydrogen-bond donors (Lipinski definition) is 1. The average Bonchev–Trinajstić information content (AvgIpc) is 2.29. The fourth-order valence-corrected chi connectivity index (χ4v) is 2.10. The molecule has 17 heavy (non-hydrogen) atoms. The van der Waals surface area contributed by atoms with Gasteiger partial charge in [-0.05, 0) is 31.5 Å². The summed E-state index contributed by atoms with van der Waals surface area (Å²) in [5.74, 6) is -0.914. The van der Waals surface area contributed by atoms with Gasteiger partial charge in [-0.1, -0.05) is 23.3 Å². The largest absolute Gasteiger partial charge is 0.478 e. The van der Waals surface area contributed by atoms with E-state index in [9.17, 15) is 4.79 Å². The summed E-state index contributed by atoms with van der Waals surface area (Å²) in [6, 6.07) is 4.89. The van der Waals surface area contributed by atoms with Crippen molar-refractivity contribution in [3.05, 3.63) is 40.4 Å². The van der Waals surface area contributed by atoms with Crippen LogP contribution in [0.15, 0.2) is 29.8 Å². The quantitative estimate of drug-likeness (QED) is 0.821. The Kier molecular flexibility index (Phi) is 3.38. The van der Waals surface area contributed by atoms with E-state index in [4.69, 9.17) is 16.7 Å². The summed E-state index contributed by atoms with van der Waals surface area (Å²) in [5.41, 5.74) is 2.36. The van der Waals surface area contributed by atoms with Gasteiger partial charge in [0.1, 0.15) is 0 Å². The Morgan fingerprint density at radius 3 is 2.82 bits per heavy atom. The Labute approximate surface area is 105 Å². The average molecular weight is 252 g/mol. The van der Waals surface area contributed by atoms with E-state index < -0.39 is 5.97 Å². The molecule has 1 N–H and O–H groups in total. The molecule has 0 saturated carbocycles. The first-order valence-corrected chi connectivity index (χ1v) is 5.89. The Balaban J connectivity index is 2.37. The van der Waals surface area contributed by atoms with Crippen molar-refractivity contribution in [2.24, 2.45) is 0 Å². The molecule has 0 amide bonds. The van der Waals surface area contributed by atoms with Crippen molar-refractivity contribution >= 4 is 23.3 Å². The Hall–Kier alpha value is -1.48. The van der Waals surface area contributed by atoms with Crippen molar-refractivity contribution < 1.29 is 9.90 Å². The number of aromatic carboxylic acids is 1. The molecule has 3 nitrogen and oxygen atoms in total. The minimum atomic E-state index is -0.914. The standard InChI is InChI=1S/C13H14ClNO2/c1-9-4-6-15(7-5-9)12-8-10(14)2-3-11(12)13(16)17/h2-4,8H,5-7H2,1H3,(H,16,17). The van der Waals surface area contributed by atoms with Crippen molar-refractivity contribution in [1.29, 1.82) is 0 Å². The topological polar surface area (TPSA) is 40.5 Å². The maximum atomic E-state index is 11.2. The molecule has 0 fully saturated rings. The van der Waals surface area contributed by atoms with E-state index in [0.29, 0.717) is 16.3 Å². The summed E-state index contributed by atoms with van der Waals surface area (Å²) in [6.07, 6.45) is 3.08. The van der Waals surface area contributed by atoms with E-state index in [2.05, 4.69) is 13.0 Å². The van der Waals surface area contributed by atoms with E-state index in [1.54, 1.807) is 18.2 Å². The summed E-state index contributed by atoms with van der Waals surface area (Å²) < 4.78 is 0. The molecule has 0 spiro atoms. The van der Waals surface area contributed by atoms with Gasteiger partial charge in [0.05, 0.1) is 11.3 Å². The van der Waals surface area contributed by atoms with Crippen LogP contribution in [0.2, 0.25) is 5.02 Å². The van der Waals surface area contributed by atoms with Crippen LogP contribution in [-0.2, 0) is 0 Å². The zero-order chi connectivity index (χ0) is 12.4. The van der Waals surface area contributed by atoms with Crippen LogP contribution >= 0.6 is 11.6 Å². The normalized spacial score (nSPS) is 15.6. The highest BCUT2D eigenvalue weighted by atomic mass is 35.5. The fraction of sp³-hybridized carbons (Fsp3) is 0.308. The maximum Gasteiger partial charge on any atom is 0.337 e. The summed E-state index contributed by atoms with van der Waals surface area (Å²) in [4.78, 5) is 13.2. The van der Waals surface area contributed by atoms with Crippen LogP contribution in [0.4, 0.5) is 5.69 Å². The van der Waals surface area contributed by atoms with Gasteiger partial charge in [-0.25, -0.2) is 4.79 Å². The van der Waals surface area contributed by atoms with E-state index in [1.807, 2.05) is 4.90 Å². The number of hydrogen-bond acceptors (Lipinski definition) is 2. The number of halogens is 1. The number of anilines is 1. The predicted octanol–water partition coefficient (Wildman–Crippen LogP) is 3.19. The molecule has 4 heteroatoms. The molecule has 0 bridgehead atoms. The highest BCUT2D eigenvalue weighted by Gasteiger charge is 2.17. The van der Waals surface area contributed by atoms with Crippen LogP contribution in [0.3, 0.4) is 0 Å². The number of carboxylic acids is 1. The van der Waals surface area contributed by atoms with E-state index in [-0.39, 0.29) is 0 Å². The minimum absolute atomic E-state index is 0.308. The lowest BCUT2D eigenvalue weighted by molar-refractivity contribution is 0.0697. The van der Waals surface area contributed by atoms with E-state index >= 15 is 0 Å². The third-order valence-electron chi connectivity index (χ3n) is 2.97. The lowest BCUT2D eigenvalue weighted by Crippen LogP contribution is -2.29. The number of rotatable bonds is 2. The van der Waals surface area contributed by atoms with Gasteiger partial charge >= 0.3 is 5.97 Å². The molecule has 1 aliphatic heterocycles. The first-order valence-electron chi connectivity index (χ1n) is 5.51. The third kappa shape index (κ3) is 2.61. The van der Waals surface area contributed by atoms with Crippen LogP contribution in [0.1, 0.15) is 23.7 Å². The van der Waals surface area contributed by atoms with Gasteiger partial charge in [-0.15, -0.1) is 0 Å². The van der Waals surface area contributed by atoms with Crippen molar-refractivity contribution in [3.63, 3.8) is 0 Å². The molecule has 0 aromatic heterocycles. The van der Waals surface area contributed by atoms with Gasteiger partial charge in [0.2, 0.25) is 0 Å². The summed E-state index contributed by atoms with van der Waals surface area (Å²) in [6.45, 7) is 3.67. The SMILES string of the molecule is CC1=CCN(c2cc(Cl)ccc2C(=O)O)CC1. The highest BCUT2D eigenvalue weighted by molar-refractivity contribution is 6.31. The van der Waals surface area contributed by atoms with Crippen molar-refractivity contribution in [3.8, 4) is 0 Å². The molecule has 1 aromatic rings. The molecular formula is C13H14ClNO2. The second kappa shape index (κ2) is 4.80. The number of carboxylic acid groups (broad SMARTS) is 1. The Bertz CT molecular complexity index is 482. The molecule has 1 heterocycles. The van der Waals surface area contributed by atoms with Gasteiger partial charge in [0, 0.05) is 18.1 Å². The lowest BCUT2D eigenvalue weighted by Gasteiger charge is -2.28. The first kappa shape index (κ1) is 12.0. The van der Waals surface area contributed by atoms with Crippen LogP contribution in [0.25, 0.3) is 0 Å². The van der Waals surface area contributed by atoms with Gasteiger partial charge in [-0.2, -0.15) is 0 Å². The van der Waals surface area contributed by atoms with Crippen LogP contribution in [0, 0.1) is 0 Å². The van der Waals surface area contributed by atoms with E-state index in [1.165, 1.54) is 5.57 Å². The zero-order valence-electron chi connectivity index (χ0n) is 9.61. The second-order valence-electron chi connectivity index (χ2n) is 4.21. The summed E-state index contributed by atoms with van der Waals surface area (Å²) >= 11 is 5.93. The molecule has 1 aliphatic rings. The van der Waals surface area contributed by atoms with Crippen LogP contribution in [0.5, 0.6) is 0 Å². The first-order chi connectivity index (χ1) is 8.08. The number of benzene rings is 1. The van der Waals surface area contributed by atoms with Gasteiger partial charge in [0.15, 0.2) is 0 Å². The zero-order valence-corrected chi connectivity index (χ0v) is 10.4. The molecule has 0 atom stereocenters. The van der Waals surface area contributed by atoms with E-state index in [0.717, 1.165) is 19.5 Å². The molecule has 90 valence electrons. The monoisotopic (exact) mass is 251 g/mol. The van der Waals surface area contributed by atoms with Crippen LogP contribution in [-0.4, -0.2) is 24.2 Å². The van der Waals surface area contributed by atoms with Gasteiger partial charge < -0.3 is 10.0 Å². The predicted molar refractivity (Wildman–Crippen MR) is 69.0 cm³/mol. The third-order valence-corrected chi connectivity index (χ3v) is 3.20. The second-order valence-corrected chi connectivity index (χ2v) is 4.65. The van der Waals surface area contributed by atoms with Gasteiger partial charge in [0.25, 0.3) is 0 Å². The molecule has 1 aromatic carbocycles. The minimum Gasteiger partial charge on any atom is -0.478 e. The maximum absolute atomic E-state index is 11.2. The highest BCUT2D eigenvalue weighted by Crippen LogP contribution is 2.27. The van der Waals surface area contributed by atoms with Crippen molar-refractivity contribution in [2.75, 3.05) is 18.0 Å². The lowest BCUT2D eigenvalue weighted by atomic mass is 10.1. The molecule has 2 rings (SSSR count). The van der Waals surface area contributed by atoms with Crippen molar-refractivity contribution in [1.82, 2.24) is 0 Å². The van der Waals surface area contributed by atoms with Crippen molar-refractivity contribution in [2.45, 2.75) is 13.3 Å². The Morgan fingerprint density at radius 1 is 1.47 bits per heavy atom. The molecule has 0 saturated heterocycles. The van der Waals surface area contributed by atoms with Gasteiger partial charge in [-0.3, -0.25) is 0 Å². The Morgan fingerprint density at radius 2 is 2.24 bits per heavy atom. The van der Waals surface area contributed by atoms with Crippen LogP contribution < -0.4 is 4.90 Å². The fourth-order valence-electron chi connectivity index (χ4n) is 1.94. The number of nitrogens with zero attached hydrogens (tertiary/aromatic N) is 1. The molecule has 0 radical (unpaired) electrons. The summed E-state index contributed by atoms with van der Waals surface area (Å²) in [5, 5.41) is 9.72. The smallest absolute Gasteiger partial charge is 0.337 e. The number of carbonyl (C=O) groups is 1. The summed E-state index contributed by atoms with van der Waals surface area (Å²) in [7, 11) is 0.